The highest BCUT2D eigenvalue weighted by Gasteiger charge is 2.09. The number of aryl methyl sites for hydroxylation is 5. The highest BCUT2D eigenvalue weighted by molar-refractivity contribution is 5.84. The van der Waals surface area contributed by atoms with Gasteiger partial charge in [0.15, 0.2) is 0 Å². The van der Waals surface area contributed by atoms with Gasteiger partial charge >= 0.3 is 0 Å². The van der Waals surface area contributed by atoms with Gasteiger partial charge in [0.25, 0.3) is 0 Å². The lowest BCUT2D eigenvalue weighted by molar-refractivity contribution is 0.195. The molecule has 0 amide bonds. The summed E-state index contributed by atoms with van der Waals surface area (Å²) >= 11 is 0. The van der Waals surface area contributed by atoms with Crippen LogP contribution in [0, 0.1) is 17.1 Å². The van der Waals surface area contributed by atoms with Gasteiger partial charge in [0.05, 0.1) is 11.6 Å². The first-order valence-electron chi connectivity index (χ1n) is 11.9. The van der Waals surface area contributed by atoms with Crippen molar-refractivity contribution in [3.8, 4) is 6.07 Å². The van der Waals surface area contributed by atoms with Crippen LogP contribution in [0.4, 0.5) is 4.39 Å². The van der Waals surface area contributed by atoms with Crippen molar-refractivity contribution in [3.63, 3.8) is 0 Å². The van der Waals surface area contributed by atoms with Crippen LogP contribution in [0.15, 0.2) is 78.9 Å². The van der Waals surface area contributed by atoms with Gasteiger partial charge in [-0.15, -0.1) is 0 Å². The Morgan fingerprint density at radius 2 is 1.29 bits per heavy atom. The molecule has 0 N–H and O–H groups in total. The summed E-state index contributed by atoms with van der Waals surface area (Å²) in [4.78, 5) is 0. The van der Waals surface area contributed by atoms with Gasteiger partial charge in [-0.3, -0.25) is 0 Å². The first-order chi connectivity index (χ1) is 16.7. The minimum Gasteiger partial charge on any atom is -0.385 e. The molecule has 172 valence electrons. The number of nitriles is 1. The first-order valence-corrected chi connectivity index (χ1v) is 11.9. The number of hydrogen-bond acceptors (Lipinski definition) is 2. The van der Waals surface area contributed by atoms with Crippen molar-refractivity contribution in [2.45, 2.75) is 38.5 Å². The van der Waals surface area contributed by atoms with Crippen LogP contribution in [0.1, 0.15) is 39.8 Å². The van der Waals surface area contributed by atoms with Crippen LogP contribution in [-0.2, 0) is 36.8 Å². The highest BCUT2D eigenvalue weighted by Crippen LogP contribution is 2.24. The molecule has 4 aromatic carbocycles. The molecule has 0 radical (unpaired) electrons. The first kappa shape index (κ1) is 23.7. The third-order valence-corrected chi connectivity index (χ3v) is 6.40. The SMILES string of the molecule is COCCCc1ccc(CCc2ccc3c(F)c(CCc4ccc(C#N)cc4)ccc3c2)cc1. The maximum atomic E-state index is 15.2. The van der Waals surface area contributed by atoms with Crippen molar-refractivity contribution in [2.24, 2.45) is 0 Å². The molecule has 0 bridgehead atoms. The van der Waals surface area contributed by atoms with E-state index in [9.17, 15) is 0 Å². The zero-order valence-electron chi connectivity index (χ0n) is 19.7. The van der Waals surface area contributed by atoms with Crippen LogP contribution in [0.3, 0.4) is 0 Å². The summed E-state index contributed by atoms with van der Waals surface area (Å²) in [6.07, 6.45) is 5.37. The highest BCUT2D eigenvalue weighted by atomic mass is 19.1. The molecule has 0 fully saturated rings. The third kappa shape index (κ3) is 6.10. The summed E-state index contributed by atoms with van der Waals surface area (Å²) in [6, 6.07) is 28.5. The molecule has 2 nitrogen and oxygen atoms in total. The Balaban J connectivity index is 1.37. The van der Waals surface area contributed by atoms with Gasteiger partial charge in [-0.05, 0) is 83.9 Å². The Kier molecular flexibility index (Phi) is 8.07. The number of benzene rings is 4. The maximum absolute atomic E-state index is 15.2. The lowest BCUT2D eigenvalue weighted by atomic mass is 9.97. The fraction of sp³-hybridized carbons (Fsp3) is 0.258. The van der Waals surface area contributed by atoms with E-state index in [2.05, 4.69) is 42.5 Å². The monoisotopic (exact) mass is 451 g/mol. The summed E-state index contributed by atoms with van der Waals surface area (Å²) in [5, 5.41) is 10.6. The van der Waals surface area contributed by atoms with Gasteiger partial charge in [-0.25, -0.2) is 4.39 Å². The number of nitrogens with zero attached hydrogens (tertiary/aromatic N) is 1. The summed E-state index contributed by atoms with van der Waals surface area (Å²) < 4.78 is 20.3. The Morgan fingerprint density at radius 3 is 1.97 bits per heavy atom. The molecule has 0 atom stereocenters. The smallest absolute Gasteiger partial charge is 0.134 e. The topological polar surface area (TPSA) is 33.0 Å². The molecule has 0 spiro atoms. The van der Waals surface area contributed by atoms with Gasteiger partial charge in [0.1, 0.15) is 5.82 Å². The van der Waals surface area contributed by atoms with E-state index in [0.717, 1.165) is 55.2 Å². The van der Waals surface area contributed by atoms with Gasteiger partial charge in [0, 0.05) is 19.1 Å². The maximum Gasteiger partial charge on any atom is 0.134 e. The van der Waals surface area contributed by atoms with Crippen molar-refractivity contribution >= 4 is 10.8 Å². The number of methoxy groups -OCH3 is 1. The van der Waals surface area contributed by atoms with Crippen LogP contribution >= 0.6 is 0 Å². The molecular weight excluding hydrogens is 421 g/mol. The second-order valence-electron chi connectivity index (χ2n) is 8.82. The van der Waals surface area contributed by atoms with Gasteiger partial charge < -0.3 is 4.74 Å². The minimum atomic E-state index is -0.123. The summed E-state index contributed by atoms with van der Waals surface area (Å²) in [5.74, 6) is -0.123. The average molecular weight is 452 g/mol. The molecule has 0 saturated carbocycles. The fourth-order valence-electron chi connectivity index (χ4n) is 4.34. The van der Waals surface area contributed by atoms with E-state index < -0.39 is 0 Å². The predicted molar refractivity (Wildman–Crippen MR) is 137 cm³/mol. The van der Waals surface area contributed by atoms with Crippen molar-refractivity contribution < 1.29 is 9.13 Å². The number of hydrogen-bond donors (Lipinski definition) is 0. The normalized spacial score (nSPS) is 11.0. The van der Waals surface area contributed by atoms with Crippen LogP contribution in [0.2, 0.25) is 0 Å². The van der Waals surface area contributed by atoms with Crippen molar-refractivity contribution in [3.05, 3.63) is 118 Å². The van der Waals surface area contributed by atoms with E-state index in [1.807, 2.05) is 42.5 Å². The molecule has 3 heteroatoms. The predicted octanol–water partition coefficient (Wildman–Crippen LogP) is 7.00. The van der Waals surface area contributed by atoms with E-state index in [1.165, 1.54) is 16.7 Å². The Morgan fingerprint density at radius 1 is 0.706 bits per heavy atom. The lowest BCUT2D eigenvalue weighted by Crippen LogP contribution is -1.97. The van der Waals surface area contributed by atoms with Gasteiger partial charge in [-0.2, -0.15) is 5.26 Å². The number of rotatable bonds is 10. The third-order valence-electron chi connectivity index (χ3n) is 6.40. The van der Waals surface area contributed by atoms with Crippen LogP contribution in [0.5, 0.6) is 0 Å². The lowest BCUT2D eigenvalue weighted by Gasteiger charge is -2.09. The quantitative estimate of drug-likeness (QED) is 0.243. The van der Waals surface area contributed by atoms with E-state index in [-0.39, 0.29) is 5.82 Å². The Labute approximate surface area is 201 Å². The molecule has 0 heterocycles. The average Bonchev–Trinajstić information content (AvgIpc) is 2.88. The zero-order chi connectivity index (χ0) is 23.8. The molecule has 34 heavy (non-hydrogen) atoms. The fourth-order valence-corrected chi connectivity index (χ4v) is 4.34. The second kappa shape index (κ2) is 11.6. The molecular formula is C31H30FNO. The Hall–Kier alpha value is -3.48. The molecule has 0 aromatic heterocycles. The van der Waals surface area contributed by atoms with E-state index in [1.54, 1.807) is 7.11 Å². The Bertz CT molecular complexity index is 1270. The van der Waals surface area contributed by atoms with Crippen LogP contribution in [0.25, 0.3) is 10.8 Å². The largest absolute Gasteiger partial charge is 0.385 e. The van der Waals surface area contributed by atoms with Gasteiger partial charge in [-0.1, -0.05) is 66.7 Å². The molecule has 0 unspecified atom stereocenters. The molecule has 4 aromatic rings. The van der Waals surface area contributed by atoms with Gasteiger partial charge in [0.2, 0.25) is 0 Å². The molecule has 0 saturated heterocycles. The second-order valence-corrected chi connectivity index (χ2v) is 8.82. The molecule has 0 aliphatic heterocycles. The zero-order valence-corrected chi connectivity index (χ0v) is 19.7. The van der Waals surface area contributed by atoms with E-state index in [4.69, 9.17) is 10.00 Å². The summed E-state index contributed by atoms with van der Waals surface area (Å²) in [7, 11) is 1.74. The molecule has 0 aliphatic carbocycles. The van der Waals surface area contributed by atoms with Crippen LogP contribution in [-0.4, -0.2) is 13.7 Å². The van der Waals surface area contributed by atoms with Crippen LogP contribution < -0.4 is 0 Å². The summed E-state index contributed by atoms with van der Waals surface area (Å²) in [5.41, 5.74) is 6.37. The minimum absolute atomic E-state index is 0.123. The number of ether oxygens (including phenoxy) is 1. The molecule has 4 rings (SSSR count). The van der Waals surface area contributed by atoms with Crippen molar-refractivity contribution in [2.75, 3.05) is 13.7 Å². The van der Waals surface area contributed by atoms with Crippen molar-refractivity contribution in [1.82, 2.24) is 0 Å². The summed E-state index contributed by atoms with van der Waals surface area (Å²) in [6.45, 7) is 0.795. The standard InChI is InChI=1S/C31H30FNO/c1-34-20-2-3-23-4-6-24(7-5-23)8-11-26-15-19-30-29(21-26)18-17-28(31(30)32)16-14-25-9-12-27(22-33)13-10-25/h4-7,9-10,12-13,15,17-19,21H,2-3,8,11,14,16,20H2,1H3. The number of halogens is 1. The van der Waals surface area contributed by atoms with Crippen molar-refractivity contribution in [1.29, 1.82) is 5.26 Å². The van der Waals surface area contributed by atoms with E-state index in [0.29, 0.717) is 17.4 Å². The number of fused-ring (bicyclic) bond motifs is 1. The molecule has 0 aliphatic rings. The van der Waals surface area contributed by atoms with E-state index >= 15 is 4.39 Å².